The first kappa shape index (κ1) is 22.1. The van der Waals surface area contributed by atoms with Gasteiger partial charge >= 0.3 is 0 Å². The Hall–Kier alpha value is -1.63. The number of hydrazone groups is 1. The highest BCUT2D eigenvalue weighted by molar-refractivity contribution is 6.42. The fourth-order valence-electron chi connectivity index (χ4n) is 3.12. The molecule has 1 N–H and O–H groups in total. The van der Waals surface area contributed by atoms with E-state index in [9.17, 15) is 4.79 Å². The molecule has 0 aliphatic carbocycles. The normalized spacial score (nSPS) is 16.1. The van der Waals surface area contributed by atoms with Crippen LogP contribution in [0.3, 0.4) is 0 Å². The zero-order chi connectivity index (χ0) is 20.8. The smallest absolute Gasteiger partial charge is 0.254 e. The van der Waals surface area contributed by atoms with Crippen molar-refractivity contribution in [2.24, 2.45) is 5.10 Å². The molecule has 3 rings (SSSR count). The lowest BCUT2D eigenvalue weighted by Gasteiger charge is -2.34. The van der Waals surface area contributed by atoms with Crippen molar-refractivity contribution in [2.75, 3.05) is 32.7 Å². The fraction of sp³-hybridized carbons (Fsp3) is 0.333. The molecule has 1 amide bonds. The number of benzene rings is 2. The minimum atomic E-state index is -0.129. The highest BCUT2D eigenvalue weighted by Crippen LogP contribution is 2.22. The van der Waals surface area contributed by atoms with Crippen LogP contribution in [-0.4, -0.2) is 54.1 Å². The van der Waals surface area contributed by atoms with Gasteiger partial charge < -0.3 is 0 Å². The van der Waals surface area contributed by atoms with Crippen molar-refractivity contribution in [3.8, 4) is 0 Å². The van der Waals surface area contributed by atoms with E-state index >= 15 is 0 Å². The average molecular weight is 454 g/mol. The SMILES string of the molecule is CC(=NNC(=O)CN1CCN(Cc2ccc(Cl)cc2)CC1)c1ccc(Cl)c(Cl)c1. The minimum Gasteiger partial charge on any atom is -0.297 e. The Morgan fingerprint density at radius 3 is 2.28 bits per heavy atom. The van der Waals surface area contributed by atoms with E-state index in [4.69, 9.17) is 34.8 Å². The molecule has 1 fully saturated rings. The molecule has 5 nitrogen and oxygen atoms in total. The third kappa shape index (κ3) is 6.69. The molecule has 1 heterocycles. The second kappa shape index (κ2) is 10.4. The molecule has 2 aromatic carbocycles. The number of piperazine rings is 1. The van der Waals surface area contributed by atoms with E-state index in [2.05, 4.69) is 32.5 Å². The van der Waals surface area contributed by atoms with Gasteiger partial charge in [-0.1, -0.05) is 53.0 Å². The van der Waals surface area contributed by atoms with Crippen molar-refractivity contribution >= 4 is 46.4 Å². The van der Waals surface area contributed by atoms with Crippen molar-refractivity contribution in [2.45, 2.75) is 13.5 Å². The van der Waals surface area contributed by atoms with Crippen molar-refractivity contribution < 1.29 is 4.79 Å². The standard InChI is InChI=1S/C21H23Cl3N4O/c1-15(17-4-7-19(23)20(24)12-17)25-26-21(29)14-28-10-8-27(9-11-28)13-16-2-5-18(22)6-3-16/h2-7,12H,8-11,13-14H2,1H3,(H,26,29). The summed E-state index contributed by atoms with van der Waals surface area (Å²) < 4.78 is 0. The van der Waals surface area contributed by atoms with Gasteiger partial charge in [0.1, 0.15) is 0 Å². The van der Waals surface area contributed by atoms with E-state index < -0.39 is 0 Å². The number of nitrogens with one attached hydrogen (secondary N) is 1. The van der Waals surface area contributed by atoms with Gasteiger partial charge in [-0.3, -0.25) is 14.6 Å². The first-order valence-corrected chi connectivity index (χ1v) is 10.5. The third-order valence-electron chi connectivity index (χ3n) is 4.84. The number of amides is 1. The summed E-state index contributed by atoms with van der Waals surface area (Å²) in [4.78, 5) is 16.8. The van der Waals surface area contributed by atoms with E-state index in [1.807, 2.05) is 25.1 Å². The van der Waals surface area contributed by atoms with Crippen LogP contribution < -0.4 is 5.43 Å². The average Bonchev–Trinajstić information content (AvgIpc) is 2.71. The van der Waals surface area contributed by atoms with Crippen LogP contribution in [0.5, 0.6) is 0 Å². The zero-order valence-corrected chi connectivity index (χ0v) is 18.4. The van der Waals surface area contributed by atoms with Crippen LogP contribution in [0.1, 0.15) is 18.1 Å². The number of halogens is 3. The highest BCUT2D eigenvalue weighted by atomic mass is 35.5. The Morgan fingerprint density at radius 2 is 1.62 bits per heavy atom. The summed E-state index contributed by atoms with van der Waals surface area (Å²) in [5, 5.41) is 5.88. The summed E-state index contributed by atoms with van der Waals surface area (Å²) >= 11 is 17.9. The van der Waals surface area contributed by atoms with Crippen molar-refractivity contribution in [3.63, 3.8) is 0 Å². The van der Waals surface area contributed by atoms with Gasteiger partial charge in [-0.15, -0.1) is 0 Å². The molecule has 0 saturated carbocycles. The van der Waals surface area contributed by atoms with Crippen LogP contribution in [0.15, 0.2) is 47.6 Å². The number of hydrogen-bond donors (Lipinski definition) is 1. The summed E-state index contributed by atoms with van der Waals surface area (Å²) in [6.45, 7) is 6.56. The van der Waals surface area contributed by atoms with Gasteiger partial charge in [-0.05, 0) is 42.3 Å². The Morgan fingerprint density at radius 1 is 0.966 bits per heavy atom. The minimum absolute atomic E-state index is 0.129. The Kier molecular flexibility index (Phi) is 7.92. The van der Waals surface area contributed by atoms with Crippen LogP contribution in [0, 0.1) is 0 Å². The molecule has 0 bridgehead atoms. The number of rotatable bonds is 6. The number of hydrogen-bond acceptors (Lipinski definition) is 4. The number of carbonyl (C=O) groups is 1. The summed E-state index contributed by atoms with van der Waals surface area (Å²) in [5.41, 5.74) is 5.35. The maximum Gasteiger partial charge on any atom is 0.254 e. The summed E-state index contributed by atoms with van der Waals surface area (Å²) in [7, 11) is 0. The molecule has 154 valence electrons. The van der Waals surface area contributed by atoms with E-state index in [-0.39, 0.29) is 5.91 Å². The van der Waals surface area contributed by atoms with Gasteiger partial charge in [0.15, 0.2) is 0 Å². The van der Waals surface area contributed by atoms with Crippen molar-refractivity contribution in [1.82, 2.24) is 15.2 Å². The van der Waals surface area contributed by atoms with E-state index in [0.717, 1.165) is 43.3 Å². The maximum atomic E-state index is 12.2. The van der Waals surface area contributed by atoms with Gasteiger partial charge in [0.05, 0.1) is 22.3 Å². The van der Waals surface area contributed by atoms with Crippen molar-refractivity contribution in [1.29, 1.82) is 0 Å². The topological polar surface area (TPSA) is 47.9 Å². The second-order valence-corrected chi connectivity index (χ2v) is 8.29. The predicted octanol–water partition coefficient (Wildman–Crippen LogP) is 4.30. The Bertz CT molecular complexity index is 878. The zero-order valence-electron chi connectivity index (χ0n) is 16.2. The lowest BCUT2D eigenvalue weighted by Crippen LogP contribution is -2.48. The second-order valence-electron chi connectivity index (χ2n) is 7.04. The fourth-order valence-corrected chi connectivity index (χ4v) is 3.55. The Labute approximate surface area is 186 Å². The lowest BCUT2D eigenvalue weighted by molar-refractivity contribution is -0.122. The monoisotopic (exact) mass is 452 g/mol. The molecule has 0 unspecified atom stereocenters. The van der Waals surface area contributed by atoms with E-state index in [1.54, 1.807) is 12.1 Å². The van der Waals surface area contributed by atoms with E-state index in [0.29, 0.717) is 22.3 Å². The summed E-state index contributed by atoms with van der Waals surface area (Å²) in [5.74, 6) is -0.129. The molecular formula is C21H23Cl3N4O. The molecule has 0 radical (unpaired) electrons. The van der Waals surface area contributed by atoms with Gasteiger partial charge in [0, 0.05) is 37.7 Å². The largest absolute Gasteiger partial charge is 0.297 e. The van der Waals surface area contributed by atoms with Crippen LogP contribution in [0.25, 0.3) is 0 Å². The summed E-state index contributed by atoms with van der Waals surface area (Å²) in [6.07, 6.45) is 0. The van der Waals surface area contributed by atoms with Gasteiger partial charge in [0.2, 0.25) is 0 Å². The van der Waals surface area contributed by atoms with Crippen LogP contribution >= 0.6 is 34.8 Å². The lowest BCUT2D eigenvalue weighted by atomic mass is 10.1. The van der Waals surface area contributed by atoms with Crippen LogP contribution in [0.4, 0.5) is 0 Å². The first-order chi connectivity index (χ1) is 13.9. The highest BCUT2D eigenvalue weighted by Gasteiger charge is 2.19. The van der Waals surface area contributed by atoms with Crippen LogP contribution in [-0.2, 0) is 11.3 Å². The predicted molar refractivity (Wildman–Crippen MR) is 120 cm³/mol. The summed E-state index contributed by atoms with van der Waals surface area (Å²) in [6, 6.07) is 13.2. The van der Waals surface area contributed by atoms with Crippen molar-refractivity contribution in [3.05, 3.63) is 68.7 Å². The number of nitrogens with zero attached hydrogens (tertiary/aromatic N) is 3. The maximum absolute atomic E-state index is 12.2. The molecule has 1 aliphatic rings. The van der Waals surface area contributed by atoms with Crippen LogP contribution in [0.2, 0.25) is 15.1 Å². The van der Waals surface area contributed by atoms with Gasteiger partial charge in [0.25, 0.3) is 5.91 Å². The molecule has 2 aromatic rings. The van der Waals surface area contributed by atoms with E-state index in [1.165, 1.54) is 5.56 Å². The molecule has 8 heteroatoms. The molecule has 0 spiro atoms. The molecule has 0 aromatic heterocycles. The van der Waals surface area contributed by atoms with Gasteiger partial charge in [-0.2, -0.15) is 5.10 Å². The third-order valence-corrected chi connectivity index (χ3v) is 5.83. The molecule has 1 saturated heterocycles. The quantitative estimate of drug-likeness (QED) is 0.524. The molecular weight excluding hydrogens is 431 g/mol. The molecule has 29 heavy (non-hydrogen) atoms. The number of carbonyl (C=O) groups excluding carboxylic acids is 1. The molecule has 0 atom stereocenters. The first-order valence-electron chi connectivity index (χ1n) is 9.38. The van der Waals surface area contributed by atoms with Gasteiger partial charge in [-0.25, -0.2) is 5.43 Å². The Balaban J connectivity index is 1.43. The molecule has 1 aliphatic heterocycles.